The molecule has 0 aliphatic carbocycles. The van der Waals surface area contributed by atoms with Gasteiger partial charge in [0.15, 0.2) is 11.5 Å². The topological polar surface area (TPSA) is 51.7 Å². The van der Waals surface area contributed by atoms with Crippen LogP contribution in [-0.4, -0.2) is 36.6 Å². The van der Waals surface area contributed by atoms with Gasteiger partial charge in [0.1, 0.15) is 0 Å². The van der Waals surface area contributed by atoms with Gasteiger partial charge in [0.05, 0.1) is 20.3 Å². The highest BCUT2D eigenvalue weighted by atomic mass is 16.5. The predicted octanol–water partition coefficient (Wildman–Crippen LogP) is 3.08. The highest BCUT2D eigenvalue weighted by Gasteiger charge is 2.30. The van der Waals surface area contributed by atoms with Crippen molar-refractivity contribution in [3.8, 4) is 11.5 Å². The van der Waals surface area contributed by atoms with Crippen molar-refractivity contribution in [1.29, 1.82) is 0 Å². The van der Waals surface area contributed by atoms with E-state index in [-0.39, 0.29) is 11.9 Å². The lowest BCUT2D eigenvalue weighted by Gasteiger charge is -2.25. The van der Waals surface area contributed by atoms with Gasteiger partial charge < -0.3 is 14.4 Å². The first-order valence-corrected chi connectivity index (χ1v) is 7.67. The zero-order chi connectivity index (χ0) is 16.2. The number of methoxy groups -OCH3 is 2. The maximum Gasteiger partial charge on any atom is 0.254 e. The molecule has 1 aliphatic heterocycles. The largest absolute Gasteiger partial charge is 0.493 e. The van der Waals surface area contributed by atoms with Crippen LogP contribution < -0.4 is 9.47 Å². The van der Waals surface area contributed by atoms with E-state index in [4.69, 9.17) is 9.47 Å². The fourth-order valence-corrected chi connectivity index (χ4v) is 3.08. The Balaban J connectivity index is 1.87. The molecule has 2 heterocycles. The van der Waals surface area contributed by atoms with Gasteiger partial charge in [0, 0.05) is 24.5 Å². The maximum atomic E-state index is 12.9. The van der Waals surface area contributed by atoms with Gasteiger partial charge in [0.2, 0.25) is 0 Å². The number of carbonyl (C=O) groups excluding carboxylic acids is 1. The van der Waals surface area contributed by atoms with Crippen LogP contribution in [0.25, 0.3) is 0 Å². The summed E-state index contributed by atoms with van der Waals surface area (Å²) in [6, 6.07) is 9.35. The molecule has 0 spiro atoms. The molecular weight excluding hydrogens is 292 g/mol. The van der Waals surface area contributed by atoms with Crippen molar-refractivity contribution in [3.63, 3.8) is 0 Å². The summed E-state index contributed by atoms with van der Waals surface area (Å²) in [5.74, 6) is 1.21. The Hall–Kier alpha value is -2.56. The molecular formula is C18H20N2O3. The second kappa shape index (κ2) is 6.69. The summed E-state index contributed by atoms with van der Waals surface area (Å²) in [6.45, 7) is 0.764. The van der Waals surface area contributed by atoms with Crippen LogP contribution in [0.2, 0.25) is 0 Å². The molecule has 1 aromatic carbocycles. The quantitative estimate of drug-likeness (QED) is 0.870. The van der Waals surface area contributed by atoms with Crippen molar-refractivity contribution in [2.24, 2.45) is 0 Å². The molecule has 0 saturated carbocycles. The summed E-state index contributed by atoms with van der Waals surface area (Å²) in [7, 11) is 3.15. The number of aromatic nitrogens is 1. The normalized spacial score (nSPS) is 17.1. The van der Waals surface area contributed by atoms with Gasteiger partial charge in [-0.05, 0) is 48.7 Å². The average Bonchev–Trinajstić information content (AvgIpc) is 3.11. The lowest BCUT2D eigenvalue weighted by atomic mass is 10.1. The molecule has 23 heavy (non-hydrogen) atoms. The van der Waals surface area contributed by atoms with Crippen molar-refractivity contribution in [1.82, 2.24) is 9.88 Å². The van der Waals surface area contributed by atoms with Crippen molar-refractivity contribution < 1.29 is 14.3 Å². The molecule has 1 atom stereocenters. The first-order valence-electron chi connectivity index (χ1n) is 7.67. The minimum atomic E-state index is 0.0188. The minimum Gasteiger partial charge on any atom is -0.493 e. The van der Waals surface area contributed by atoms with Crippen LogP contribution >= 0.6 is 0 Å². The van der Waals surface area contributed by atoms with Crippen LogP contribution in [0.1, 0.15) is 34.8 Å². The van der Waals surface area contributed by atoms with E-state index < -0.39 is 0 Å². The molecule has 0 bridgehead atoms. The average molecular weight is 312 g/mol. The third-order valence-electron chi connectivity index (χ3n) is 4.24. The van der Waals surface area contributed by atoms with Crippen LogP contribution in [0.3, 0.4) is 0 Å². The van der Waals surface area contributed by atoms with Crippen molar-refractivity contribution in [3.05, 3.63) is 53.9 Å². The van der Waals surface area contributed by atoms with E-state index in [1.807, 2.05) is 17.0 Å². The number of amides is 1. The molecule has 1 fully saturated rings. The van der Waals surface area contributed by atoms with Gasteiger partial charge in [-0.25, -0.2) is 0 Å². The molecule has 3 rings (SSSR count). The third kappa shape index (κ3) is 2.99. The van der Waals surface area contributed by atoms with Gasteiger partial charge in [-0.3, -0.25) is 9.78 Å². The van der Waals surface area contributed by atoms with E-state index in [2.05, 4.69) is 4.98 Å². The zero-order valence-electron chi connectivity index (χ0n) is 13.4. The number of benzene rings is 1. The van der Waals surface area contributed by atoms with Gasteiger partial charge in [-0.15, -0.1) is 0 Å². The molecule has 120 valence electrons. The molecule has 0 N–H and O–H groups in total. The highest BCUT2D eigenvalue weighted by molar-refractivity contribution is 5.95. The second-order valence-corrected chi connectivity index (χ2v) is 5.51. The second-order valence-electron chi connectivity index (χ2n) is 5.51. The molecule has 5 nitrogen and oxygen atoms in total. The summed E-state index contributed by atoms with van der Waals surface area (Å²) in [6.07, 6.45) is 5.52. The first kappa shape index (κ1) is 15.3. The third-order valence-corrected chi connectivity index (χ3v) is 4.24. The predicted molar refractivity (Wildman–Crippen MR) is 86.8 cm³/mol. The number of nitrogens with zero attached hydrogens (tertiary/aromatic N) is 2. The molecule has 1 unspecified atom stereocenters. The summed E-state index contributed by atoms with van der Waals surface area (Å²) in [5, 5.41) is 0. The van der Waals surface area contributed by atoms with Crippen LogP contribution in [0.5, 0.6) is 11.5 Å². The van der Waals surface area contributed by atoms with E-state index in [1.54, 1.807) is 44.8 Å². The van der Waals surface area contributed by atoms with Gasteiger partial charge in [-0.1, -0.05) is 0 Å². The Morgan fingerprint density at radius 2 is 1.87 bits per heavy atom. The SMILES string of the molecule is COc1ccc(C(=O)N2CCCC2c2ccncc2)cc1OC. The van der Waals surface area contributed by atoms with Crippen molar-refractivity contribution in [2.45, 2.75) is 18.9 Å². The highest BCUT2D eigenvalue weighted by Crippen LogP contribution is 2.34. The molecule has 1 aromatic heterocycles. The zero-order valence-corrected chi connectivity index (χ0v) is 13.4. The van der Waals surface area contributed by atoms with E-state index in [0.29, 0.717) is 17.1 Å². The lowest BCUT2D eigenvalue weighted by molar-refractivity contribution is 0.0735. The van der Waals surface area contributed by atoms with Crippen LogP contribution in [0.15, 0.2) is 42.7 Å². The van der Waals surface area contributed by atoms with Crippen molar-refractivity contribution >= 4 is 5.91 Å². The summed E-state index contributed by atoms with van der Waals surface area (Å²) >= 11 is 0. The Bertz CT molecular complexity index is 688. The number of ether oxygens (including phenoxy) is 2. The van der Waals surface area contributed by atoms with E-state index in [1.165, 1.54) is 0 Å². The number of rotatable bonds is 4. The molecule has 1 amide bonds. The van der Waals surface area contributed by atoms with Gasteiger partial charge in [0.25, 0.3) is 5.91 Å². The first-order chi connectivity index (χ1) is 11.2. The number of carbonyl (C=O) groups is 1. The summed E-state index contributed by atoms with van der Waals surface area (Å²) in [5.41, 5.74) is 1.75. The standard InChI is InChI=1S/C18H20N2O3/c1-22-16-6-5-14(12-17(16)23-2)18(21)20-11-3-4-15(20)13-7-9-19-10-8-13/h5-10,12,15H,3-4,11H2,1-2H3. The molecule has 1 aliphatic rings. The minimum absolute atomic E-state index is 0.0188. The number of likely N-dealkylation sites (tertiary alicyclic amines) is 1. The Labute approximate surface area is 135 Å². The number of hydrogen-bond acceptors (Lipinski definition) is 4. The van der Waals surface area contributed by atoms with Crippen LogP contribution in [0.4, 0.5) is 0 Å². The van der Waals surface area contributed by atoms with Gasteiger partial charge >= 0.3 is 0 Å². The smallest absolute Gasteiger partial charge is 0.254 e. The van der Waals surface area contributed by atoms with Crippen molar-refractivity contribution in [2.75, 3.05) is 20.8 Å². The molecule has 2 aromatic rings. The monoisotopic (exact) mass is 312 g/mol. The summed E-state index contributed by atoms with van der Waals surface area (Å²) < 4.78 is 10.5. The number of hydrogen-bond donors (Lipinski definition) is 0. The van der Waals surface area contributed by atoms with Gasteiger partial charge in [-0.2, -0.15) is 0 Å². The Morgan fingerprint density at radius 3 is 2.57 bits per heavy atom. The Morgan fingerprint density at radius 1 is 1.13 bits per heavy atom. The van der Waals surface area contributed by atoms with E-state index >= 15 is 0 Å². The molecule has 1 saturated heterocycles. The summed E-state index contributed by atoms with van der Waals surface area (Å²) in [4.78, 5) is 18.9. The lowest BCUT2D eigenvalue weighted by Crippen LogP contribution is -2.30. The number of pyridine rings is 1. The fraction of sp³-hybridized carbons (Fsp3) is 0.333. The molecule has 0 radical (unpaired) electrons. The molecule has 5 heteroatoms. The van der Waals surface area contributed by atoms with Crippen LogP contribution in [-0.2, 0) is 0 Å². The van der Waals surface area contributed by atoms with E-state index in [9.17, 15) is 4.79 Å². The Kier molecular flexibility index (Phi) is 4.46. The maximum absolute atomic E-state index is 12.9. The fourth-order valence-electron chi connectivity index (χ4n) is 3.08. The van der Waals surface area contributed by atoms with Crippen LogP contribution in [0, 0.1) is 0 Å². The van der Waals surface area contributed by atoms with E-state index in [0.717, 1.165) is 24.9 Å².